The maximum atomic E-state index is 14.5. The number of hydrogen-bond acceptors (Lipinski definition) is 5. The third-order valence-electron chi connectivity index (χ3n) is 7.52. The van der Waals surface area contributed by atoms with Gasteiger partial charge in [0.05, 0.1) is 24.1 Å². The molecule has 3 aromatic carbocycles. The molecule has 0 aliphatic carbocycles. The van der Waals surface area contributed by atoms with Crippen molar-refractivity contribution >= 4 is 46.4 Å². The molecule has 8 nitrogen and oxygen atoms in total. The zero-order valence-electron chi connectivity index (χ0n) is 23.1. The summed E-state index contributed by atoms with van der Waals surface area (Å²) in [4.78, 5) is 34.9. The molecule has 2 aliphatic heterocycles. The van der Waals surface area contributed by atoms with Crippen molar-refractivity contribution in [1.29, 1.82) is 0 Å². The van der Waals surface area contributed by atoms with E-state index in [2.05, 4.69) is 10.1 Å². The van der Waals surface area contributed by atoms with E-state index in [0.29, 0.717) is 38.1 Å². The molecule has 1 atom stereocenters. The van der Waals surface area contributed by atoms with Gasteiger partial charge in [-0.2, -0.15) is 0 Å². The first-order chi connectivity index (χ1) is 20.3. The number of amides is 2. The second kappa shape index (κ2) is 9.92. The maximum absolute atomic E-state index is 14.5. The summed E-state index contributed by atoms with van der Waals surface area (Å²) in [6, 6.07) is 13.2. The second-order valence-electron chi connectivity index (χ2n) is 10.4. The summed E-state index contributed by atoms with van der Waals surface area (Å²) in [5.41, 5.74) is 0.867. The van der Waals surface area contributed by atoms with Crippen LogP contribution >= 0.6 is 23.2 Å². The van der Waals surface area contributed by atoms with Crippen LogP contribution in [0.25, 0.3) is 11.4 Å². The Morgan fingerprint density at radius 2 is 1.70 bits per heavy atom. The predicted octanol–water partition coefficient (Wildman–Crippen LogP) is 7.51. The molecule has 1 N–H and O–H groups in total. The van der Waals surface area contributed by atoms with Crippen molar-refractivity contribution in [2.24, 2.45) is 0 Å². The topological polar surface area (TPSA) is 85.7 Å². The molecular weight excluding hydrogens is 608 g/mol. The van der Waals surface area contributed by atoms with Crippen LogP contribution in [-0.4, -0.2) is 34.8 Å². The fraction of sp³-hybridized carbons (Fsp3) is 0.233. The van der Waals surface area contributed by atoms with Crippen molar-refractivity contribution in [3.8, 4) is 22.9 Å². The van der Waals surface area contributed by atoms with Gasteiger partial charge in [0, 0.05) is 33.4 Å². The first kappa shape index (κ1) is 28.9. The maximum Gasteiger partial charge on any atom is 0.573 e. The van der Waals surface area contributed by atoms with Crippen LogP contribution in [0, 0.1) is 6.92 Å². The predicted molar refractivity (Wildman–Crippen MR) is 155 cm³/mol. The largest absolute Gasteiger partial charge is 0.573 e. The summed E-state index contributed by atoms with van der Waals surface area (Å²) < 4.78 is 50.0. The zero-order valence-corrected chi connectivity index (χ0v) is 24.6. The van der Waals surface area contributed by atoms with Gasteiger partial charge < -0.3 is 19.4 Å². The number of carbonyl (C=O) groups excluding carboxylic acids is 2. The molecule has 2 aliphatic rings. The molecular formula is C30H23Cl2F3N4O4. The van der Waals surface area contributed by atoms with Gasteiger partial charge in [0.25, 0.3) is 11.8 Å². The number of nitrogens with zero attached hydrogens (tertiary/aromatic N) is 3. The number of imidazole rings is 1. The number of aromatic nitrogens is 2. The molecule has 4 aromatic rings. The molecule has 0 fully saturated rings. The summed E-state index contributed by atoms with van der Waals surface area (Å²) in [7, 11) is 1.30. The van der Waals surface area contributed by atoms with Gasteiger partial charge in [-0.15, -0.1) is 13.2 Å². The van der Waals surface area contributed by atoms with Crippen LogP contribution in [0.5, 0.6) is 11.5 Å². The minimum Gasteiger partial charge on any atom is -0.496 e. The lowest BCUT2D eigenvalue weighted by atomic mass is 9.86. The Bertz CT molecular complexity index is 1840. The Balaban J connectivity index is 1.67. The smallest absolute Gasteiger partial charge is 0.496 e. The van der Waals surface area contributed by atoms with Crippen molar-refractivity contribution in [3.63, 3.8) is 0 Å². The van der Waals surface area contributed by atoms with Gasteiger partial charge in [-0.3, -0.25) is 14.5 Å². The fourth-order valence-corrected chi connectivity index (χ4v) is 6.22. The van der Waals surface area contributed by atoms with Gasteiger partial charge in [0.1, 0.15) is 17.3 Å². The standard InChI is InChI=1S/C30H23Cl2F3N4O4/c1-14(2)38-25-24(37-26(38)19-9-8-18(13-23(19)42-4)43-30(33,34)35)27(40)39(22-12-17(32)6-5-15(22)3)29(25)20-10-7-16(31)11-21(20)36-28(29)41/h5-14H,1-4H3,(H,36,41). The number of nitrogens with one attached hydrogen (secondary N) is 1. The highest BCUT2D eigenvalue weighted by molar-refractivity contribution is 6.32. The van der Waals surface area contributed by atoms with Crippen LogP contribution in [-0.2, 0) is 10.3 Å². The van der Waals surface area contributed by atoms with E-state index in [1.165, 1.54) is 18.1 Å². The van der Waals surface area contributed by atoms with Gasteiger partial charge in [-0.25, -0.2) is 4.98 Å². The first-order valence-corrected chi connectivity index (χ1v) is 13.8. The highest BCUT2D eigenvalue weighted by Gasteiger charge is 2.64. The van der Waals surface area contributed by atoms with Crippen molar-refractivity contribution < 1.29 is 32.2 Å². The molecule has 0 radical (unpaired) electrons. The van der Waals surface area contributed by atoms with Crippen LogP contribution in [0.2, 0.25) is 10.0 Å². The van der Waals surface area contributed by atoms with Gasteiger partial charge >= 0.3 is 6.36 Å². The molecule has 0 bridgehead atoms. The number of halogens is 5. The van der Waals surface area contributed by atoms with Gasteiger partial charge in [0.15, 0.2) is 11.2 Å². The summed E-state index contributed by atoms with van der Waals surface area (Å²) >= 11 is 12.7. The molecule has 222 valence electrons. The second-order valence-corrected chi connectivity index (χ2v) is 11.3. The highest BCUT2D eigenvalue weighted by Crippen LogP contribution is 2.55. The van der Waals surface area contributed by atoms with Gasteiger partial charge in [-0.1, -0.05) is 35.3 Å². The SMILES string of the molecule is COc1cc(OC(F)(F)F)ccc1-c1nc2c(n1C(C)C)C1(C(=O)Nc3cc(Cl)ccc31)N(c1cc(Cl)ccc1C)C2=O. The molecule has 1 unspecified atom stereocenters. The van der Waals surface area contributed by atoms with Crippen LogP contribution in [0.3, 0.4) is 0 Å². The zero-order chi connectivity index (χ0) is 31.0. The number of alkyl halides is 3. The molecule has 0 saturated carbocycles. The highest BCUT2D eigenvalue weighted by atomic mass is 35.5. The van der Waals surface area contributed by atoms with E-state index < -0.39 is 29.5 Å². The number of ether oxygens (including phenoxy) is 2. The third kappa shape index (κ3) is 4.32. The van der Waals surface area contributed by atoms with Gasteiger partial charge in [-0.05, 0) is 62.7 Å². The number of benzene rings is 3. The average molecular weight is 631 g/mol. The number of hydrogen-bond donors (Lipinski definition) is 1. The molecule has 1 spiro atoms. The first-order valence-electron chi connectivity index (χ1n) is 13.1. The van der Waals surface area contributed by atoms with E-state index in [9.17, 15) is 22.8 Å². The Hall–Kier alpha value is -4.22. The lowest BCUT2D eigenvalue weighted by Gasteiger charge is -2.36. The van der Waals surface area contributed by atoms with Crippen molar-refractivity contribution in [2.75, 3.05) is 17.3 Å². The molecule has 6 rings (SSSR count). The number of methoxy groups -OCH3 is 1. The summed E-state index contributed by atoms with van der Waals surface area (Å²) in [5.74, 6) is -1.31. The van der Waals surface area contributed by atoms with Crippen LogP contribution in [0.1, 0.15) is 47.2 Å². The fourth-order valence-electron chi connectivity index (χ4n) is 5.88. The number of carbonyl (C=O) groups is 2. The number of aryl methyl sites for hydroxylation is 1. The molecule has 13 heteroatoms. The third-order valence-corrected chi connectivity index (χ3v) is 7.99. The summed E-state index contributed by atoms with van der Waals surface area (Å²) in [6.07, 6.45) is -4.91. The van der Waals surface area contributed by atoms with E-state index >= 15 is 0 Å². The molecule has 2 amide bonds. The summed E-state index contributed by atoms with van der Waals surface area (Å²) in [6.45, 7) is 5.50. The van der Waals surface area contributed by atoms with E-state index in [0.717, 1.165) is 12.1 Å². The van der Waals surface area contributed by atoms with Crippen LogP contribution in [0.15, 0.2) is 54.6 Å². The average Bonchev–Trinajstić information content (AvgIpc) is 3.53. The van der Waals surface area contributed by atoms with Crippen molar-refractivity contribution in [3.05, 3.63) is 87.2 Å². The molecule has 43 heavy (non-hydrogen) atoms. The van der Waals surface area contributed by atoms with E-state index in [1.54, 1.807) is 47.9 Å². The van der Waals surface area contributed by atoms with Crippen LogP contribution < -0.4 is 19.7 Å². The minimum atomic E-state index is -4.91. The van der Waals surface area contributed by atoms with Crippen molar-refractivity contribution in [2.45, 2.75) is 38.7 Å². The van der Waals surface area contributed by atoms with Crippen LogP contribution in [0.4, 0.5) is 24.5 Å². The Labute approximate surface area is 253 Å². The Kier molecular flexibility index (Phi) is 6.66. The van der Waals surface area contributed by atoms with Crippen molar-refractivity contribution in [1.82, 2.24) is 9.55 Å². The quantitative estimate of drug-likeness (QED) is 0.247. The van der Waals surface area contributed by atoms with E-state index in [1.807, 2.05) is 13.8 Å². The molecule has 0 saturated heterocycles. The summed E-state index contributed by atoms with van der Waals surface area (Å²) in [5, 5.41) is 3.64. The minimum absolute atomic E-state index is 0.00121. The molecule has 3 heterocycles. The monoisotopic (exact) mass is 630 g/mol. The Morgan fingerprint density at radius 3 is 2.37 bits per heavy atom. The van der Waals surface area contributed by atoms with E-state index in [4.69, 9.17) is 32.9 Å². The van der Waals surface area contributed by atoms with E-state index in [-0.39, 0.29) is 29.0 Å². The number of anilines is 2. The number of rotatable bonds is 5. The molecule has 1 aromatic heterocycles. The normalized spacial score (nSPS) is 17.5. The van der Waals surface area contributed by atoms with Gasteiger partial charge in [0.2, 0.25) is 0 Å². The lowest BCUT2D eigenvalue weighted by Crippen LogP contribution is -2.51. The number of fused-ring (bicyclic) bond motifs is 4. The Morgan fingerprint density at radius 1 is 1.00 bits per heavy atom. The lowest BCUT2D eigenvalue weighted by molar-refractivity contribution is -0.274.